The van der Waals surface area contributed by atoms with Crippen LogP contribution in [0.4, 0.5) is 5.69 Å². The van der Waals surface area contributed by atoms with Crippen molar-refractivity contribution in [3.05, 3.63) is 188 Å². The molecule has 15 heteroatoms. The minimum atomic E-state index is -1.09. The van der Waals surface area contributed by atoms with E-state index in [-0.39, 0.29) is 80.9 Å². The van der Waals surface area contributed by atoms with Crippen molar-refractivity contribution in [1.29, 1.82) is 0 Å². The van der Waals surface area contributed by atoms with Crippen LogP contribution >= 0.6 is 93.0 Å². The van der Waals surface area contributed by atoms with Crippen molar-refractivity contribution >= 4 is 161 Å². The molecule has 0 bridgehead atoms. The van der Waals surface area contributed by atoms with Gasteiger partial charge in [0.2, 0.25) is 0 Å². The number of carbonyl (C=O) groups is 3. The number of rotatable bonds is 7. The molecule has 1 atom stereocenters. The van der Waals surface area contributed by atoms with Gasteiger partial charge in [-0.05, 0) is 40.3 Å². The zero-order valence-corrected chi connectivity index (χ0v) is 38.2. The molecule has 2 amide bonds. The van der Waals surface area contributed by atoms with Crippen LogP contribution in [-0.2, 0) is 12.3 Å². The molecule has 1 unspecified atom stereocenters. The number of ketones is 1. The van der Waals surface area contributed by atoms with Crippen LogP contribution in [0.2, 0.25) is 35.2 Å². The number of carbonyl (C=O) groups excluding carboxylic acids is 3. The van der Waals surface area contributed by atoms with Gasteiger partial charge < -0.3 is 4.57 Å². The van der Waals surface area contributed by atoms with E-state index in [2.05, 4.69) is 13.2 Å². The van der Waals surface area contributed by atoms with E-state index in [0.717, 1.165) is 26.6 Å². The summed E-state index contributed by atoms with van der Waals surface area (Å²) in [5.41, 5.74) is 2.03. The Morgan fingerprint density at radius 2 is 1.24 bits per heavy atom. The molecule has 0 saturated carbocycles. The molecule has 0 spiro atoms. The average Bonchev–Trinajstić information content (AvgIpc) is 3.71. The maximum atomic E-state index is 14.6. The van der Waals surface area contributed by atoms with E-state index in [1.807, 2.05) is 60.7 Å². The van der Waals surface area contributed by atoms with Gasteiger partial charge in [-0.2, -0.15) is 0 Å². The minimum absolute atomic E-state index is 0.0266. The summed E-state index contributed by atoms with van der Waals surface area (Å²) >= 11 is 48.0. The number of halogens is 7. The molecule has 0 radical (unpaired) electrons. The lowest BCUT2D eigenvalue weighted by Crippen LogP contribution is -2.34. The summed E-state index contributed by atoms with van der Waals surface area (Å²) in [7, 11) is 0. The third kappa shape index (κ3) is 6.29. The summed E-state index contributed by atoms with van der Waals surface area (Å²) in [5, 5.41) is 3.57. The van der Waals surface area contributed by atoms with E-state index < -0.39 is 23.5 Å². The van der Waals surface area contributed by atoms with Gasteiger partial charge in [-0.1, -0.05) is 167 Å². The number of fused-ring (bicyclic) bond motifs is 3. The second-order valence-electron chi connectivity index (χ2n) is 15.0. The van der Waals surface area contributed by atoms with E-state index >= 15 is 0 Å². The lowest BCUT2D eigenvalue weighted by atomic mass is 9.95. The molecule has 0 N–H and O–H groups in total. The van der Waals surface area contributed by atoms with Crippen molar-refractivity contribution in [2.24, 2.45) is 0 Å². The number of hydrogen-bond acceptors (Lipinski definition) is 6. The molecular formula is C48H24Cl7N3O4S. The van der Waals surface area contributed by atoms with Crippen molar-refractivity contribution in [2.45, 2.75) is 23.1 Å². The lowest BCUT2D eigenvalue weighted by Gasteiger charge is -2.20. The first kappa shape index (κ1) is 42.1. The first-order valence-corrected chi connectivity index (χ1v) is 22.6. The molecule has 2 aromatic heterocycles. The van der Waals surface area contributed by atoms with Gasteiger partial charge in [0.05, 0.1) is 75.6 Å². The van der Waals surface area contributed by atoms with Crippen LogP contribution in [0.5, 0.6) is 0 Å². The average molecular weight is 987 g/mol. The van der Waals surface area contributed by atoms with E-state index in [1.54, 1.807) is 28.8 Å². The highest BCUT2D eigenvalue weighted by atomic mass is 35.5. The Hall–Kier alpha value is -4.87. The van der Waals surface area contributed by atoms with Crippen molar-refractivity contribution < 1.29 is 14.4 Å². The number of hydrogen-bond donors (Lipinski definition) is 0. The van der Waals surface area contributed by atoms with Crippen molar-refractivity contribution in [2.75, 3.05) is 4.90 Å². The Morgan fingerprint density at radius 3 is 1.90 bits per heavy atom. The summed E-state index contributed by atoms with van der Waals surface area (Å²) in [6.07, 6.45) is 0. The van der Waals surface area contributed by atoms with Gasteiger partial charge in [0.1, 0.15) is 0 Å². The molecule has 0 fully saturated rings. The summed E-state index contributed by atoms with van der Waals surface area (Å²) in [5.74, 6) is -2.65. The third-order valence-electron chi connectivity index (χ3n) is 11.6. The maximum absolute atomic E-state index is 14.6. The van der Waals surface area contributed by atoms with E-state index in [0.29, 0.717) is 43.5 Å². The first-order valence-electron chi connectivity index (χ1n) is 19.0. The topological polar surface area (TPSA) is 89.3 Å². The molecule has 10 rings (SSSR count). The van der Waals surface area contributed by atoms with Crippen LogP contribution in [0.15, 0.2) is 107 Å². The Morgan fingerprint density at radius 1 is 0.603 bits per heavy atom. The fourth-order valence-electron chi connectivity index (χ4n) is 8.62. The number of imide groups is 1. The highest BCUT2D eigenvalue weighted by molar-refractivity contribution is 7.98. The largest absolute Gasteiger partial charge is 0.304 e. The van der Waals surface area contributed by atoms with Crippen molar-refractivity contribution in [1.82, 2.24) is 9.55 Å². The monoisotopic (exact) mass is 983 g/mol. The van der Waals surface area contributed by atoms with Gasteiger partial charge in [-0.25, -0.2) is 9.88 Å². The number of allylic oxidation sites excluding steroid dienone is 1. The number of anilines is 1. The zero-order valence-electron chi connectivity index (χ0n) is 32.1. The van der Waals surface area contributed by atoms with Crippen LogP contribution in [0, 0.1) is 0 Å². The molecule has 7 nitrogen and oxygen atoms in total. The highest BCUT2D eigenvalue weighted by Crippen LogP contribution is 2.54. The SMILES string of the molecule is C=C1c2c(Cl)c(Cl)c(SCc3ccccc3)c(Cl)c2C(=O)C1c1ccc2c(Cn3c(=C)c4cccc5cccc(c3=O)c54)ccc(N3C(=O)c4c(Cl)c(Cl)c(Cl)c(Cl)c4C3=O)c2n1. The summed E-state index contributed by atoms with van der Waals surface area (Å²) < 4.78 is 1.57. The number of pyridine rings is 2. The quantitative estimate of drug-likeness (QED) is 0.0684. The Balaban J connectivity index is 1.14. The second kappa shape index (κ2) is 15.7. The number of aromatic nitrogens is 2. The van der Waals surface area contributed by atoms with Gasteiger partial charge in [-0.3, -0.25) is 19.2 Å². The van der Waals surface area contributed by atoms with Gasteiger partial charge in [0, 0.05) is 48.7 Å². The number of amides is 2. The van der Waals surface area contributed by atoms with Crippen LogP contribution in [0.25, 0.3) is 44.6 Å². The van der Waals surface area contributed by atoms with Crippen LogP contribution in [0.3, 0.4) is 0 Å². The predicted octanol–water partition coefficient (Wildman–Crippen LogP) is 13.5. The summed E-state index contributed by atoms with van der Waals surface area (Å²) in [6.45, 7) is 8.64. The third-order valence-corrected chi connectivity index (χ3v) is 16.0. The molecule has 3 heterocycles. The van der Waals surface area contributed by atoms with Crippen LogP contribution in [-0.4, -0.2) is 27.1 Å². The van der Waals surface area contributed by atoms with Crippen LogP contribution in [0.1, 0.15) is 59.4 Å². The smallest absolute Gasteiger partial charge is 0.267 e. The minimum Gasteiger partial charge on any atom is -0.304 e. The van der Waals surface area contributed by atoms with Gasteiger partial charge in [0.15, 0.2) is 5.78 Å². The fraction of sp³-hybridized carbons (Fsp3) is 0.0625. The van der Waals surface area contributed by atoms with E-state index in [9.17, 15) is 19.2 Å². The lowest BCUT2D eigenvalue weighted by molar-refractivity contribution is 0.0924. The molecule has 1 aliphatic heterocycles. The van der Waals surface area contributed by atoms with Crippen LogP contribution < -0.4 is 15.8 Å². The molecular weight excluding hydrogens is 963 g/mol. The molecule has 310 valence electrons. The number of benzene rings is 6. The molecule has 2 aliphatic rings. The first-order chi connectivity index (χ1) is 30.2. The highest BCUT2D eigenvalue weighted by Gasteiger charge is 2.45. The standard InChI is InChI=1S/C48H24Cl7N3O4S/c1-20-30(44(59)33-31(20)36(49)42(55)45(39(33)52)63-19-22-8-4-3-5-9-22)28-16-15-26-24(18-57-21(2)25-12-6-10-23-11-7-13-27(32(23)25)46(57)60)14-17-29(43(26)56-28)58-47(61)34-35(48(58)62)38(51)41(54)40(53)37(34)50/h3-17,30H,1-2,18-19H2. The van der Waals surface area contributed by atoms with Crippen molar-refractivity contribution in [3.63, 3.8) is 0 Å². The maximum Gasteiger partial charge on any atom is 0.267 e. The molecule has 1 aliphatic carbocycles. The molecule has 8 aromatic rings. The number of Topliss-reactive ketones (excluding diaryl/α,β-unsaturated/α-hetero) is 1. The second-order valence-corrected chi connectivity index (χ2v) is 18.6. The normalized spacial score (nSPS) is 14.8. The van der Waals surface area contributed by atoms with Gasteiger partial charge >= 0.3 is 0 Å². The molecule has 63 heavy (non-hydrogen) atoms. The predicted molar refractivity (Wildman–Crippen MR) is 259 cm³/mol. The Labute approximate surface area is 397 Å². The van der Waals surface area contributed by atoms with E-state index in [1.165, 1.54) is 17.8 Å². The summed E-state index contributed by atoms with van der Waals surface area (Å²) in [6, 6.07) is 27.6. The molecule has 0 saturated heterocycles. The van der Waals surface area contributed by atoms with Gasteiger partial charge in [0.25, 0.3) is 17.4 Å². The summed E-state index contributed by atoms with van der Waals surface area (Å²) in [4.78, 5) is 63.9. The van der Waals surface area contributed by atoms with Crippen molar-refractivity contribution in [3.8, 4) is 0 Å². The number of nitrogens with zero attached hydrogens (tertiary/aromatic N) is 3. The Bertz CT molecular complexity index is 3450. The van der Waals surface area contributed by atoms with E-state index in [4.69, 9.17) is 86.2 Å². The Kier molecular flexibility index (Phi) is 10.5. The van der Waals surface area contributed by atoms with Gasteiger partial charge in [-0.15, -0.1) is 11.8 Å². The number of thioether (sulfide) groups is 1. The zero-order chi connectivity index (χ0) is 44.3. The molecule has 6 aromatic carbocycles. The fourth-order valence-corrected chi connectivity index (χ4v) is 11.8.